The minimum absolute atomic E-state index is 0.00359. The van der Waals surface area contributed by atoms with Crippen molar-refractivity contribution in [3.63, 3.8) is 0 Å². The number of carbonyl (C=O) groups is 2. The number of carbonyl (C=O) groups excluding carboxylic acids is 1. The number of nitrogens with zero attached hydrogens (tertiary/aromatic N) is 2. The first-order chi connectivity index (χ1) is 11.4. The molecule has 0 saturated carbocycles. The summed E-state index contributed by atoms with van der Waals surface area (Å²) in [5.41, 5.74) is 8.49. The van der Waals surface area contributed by atoms with Crippen molar-refractivity contribution in [2.75, 3.05) is 12.8 Å². The first kappa shape index (κ1) is 17.1. The smallest absolute Gasteiger partial charge is 0.357 e. The van der Waals surface area contributed by atoms with E-state index >= 15 is 0 Å². The number of nitrogen functional groups attached to an aromatic ring is 1. The molecule has 0 aliphatic heterocycles. The van der Waals surface area contributed by atoms with Crippen molar-refractivity contribution in [1.29, 1.82) is 5.26 Å². The van der Waals surface area contributed by atoms with Gasteiger partial charge in [0.15, 0.2) is 5.69 Å². The number of carboxylic acid groups (broad SMARTS) is 1. The molecule has 0 unspecified atom stereocenters. The fourth-order valence-corrected chi connectivity index (χ4v) is 2.43. The highest BCUT2D eigenvalue weighted by molar-refractivity contribution is 5.96. The molecule has 0 atom stereocenters. The van der Waals surface area contributed by atoms with Gasteiger partial charge in [0.2, 0.25) is 0 Å². The second kappa shape index (κ2) is 6.87. The number of benzene rings is 1. The zero-order chi connectivity index (χ0) is 17.9. The number of hydrogen-bond acceptors (Lipinski definition) is 5. The Morgan fingerprint density at radius 1 is 1.42 bits per heavy atom. The van der Waals surface area contributed by atoms with Gasteiger partial charge >= 0.3 is 11.9 Å². The summed E-state index contributed by atoms with van der Waals surface area (Å²) in [5.74, 6) is -1.53. The van der Waals surface area contributed by atoms with Crippen LogP contribution in [0.3, 0.4) is 0 Å². The number of methoxy groups -OCH3 is 1. The average molecular weight is 327 g/mol. The monoisotopic (exact) mass is 327 g/mol. The lowest BCUT2D eigenvalue weighted by molar-refractivity contribution is -0.136. The number of nitrogens with two attached hydrogens (primary N) is 1. The summed E-state index contributed by atoms with van der Waals surface area (Å²) in [4.78, 5) is 22.8. The number of rotatable bonds is 5. The largest absolute Gasteiger partial charge is 0.481 e. The van der Waals surface area contributed by atoms with E-state index in [2.05, 4.69) is 0 Å². The number of hydrogen-bond donors (Lipinski definition) is 2. The Labute approximate surface area is 138 Å². The highest BCUT2D eigenvalue weighted by Gasteiger charge is 2.22. The van der Waals surface area contributed by atoms with Crippen LogP contribution in [-0.4, -0.2) is 28.7 Å². The van der Waals surface area contributed by atoms with Crippen molar-refractivity contribution < 1.29 is 19.4 Å². The normalized spacial score (nSPS) is 10.2. The highest BCUT2D eigenvalue weighted by Crippen LogP contribution is 2.27. The van der Waals surface area contributed by atoms with Gasteiger partial charge in [-0.1, -0.05) is 12.1 Å². The van der Waals surface area contributed by atoms with E-state index in [0.29, 0.717) is 12.1 Å². The maximum atomic E-state index is 12.1. The van der Waals surface area contributed by atoms with E-state index in [-0.39, 0.29) is 23.4 Å². The van der Waals surface area contributed by atoms with Gasteiger partial charge in [0.1, 0.15) is 6.07 Å². The number of aromatic nitrogens is 1. The summed E-state index contributed by atoms with van der Waals surface area (Å²) in [6, 6.07) is 7.39. The van der Waals surface area contributed by atoms with Crippen LogP contribution in [0.1, 0.15) is 33.6 Å². The summed E-state index contributed by atoms with van der Waals surface area (Å²) in [6.45, 7) is 1.85. The molecule has 2 aromatic rings. The van der Waals surface area contributed by atoms with E-state index < -0.39 is 11.9 Å². The summed E-state index contributed by atoms with van der Waals surface area (Å²) < 4.78 is 6.27. The van der Waals surface area contributed by atoms with Crippen LogP contribution in [0.2, 0.25) is 0 Å². The molecule has 7 nitrogen and oxygen atoms in total. The van der Waals surface area contributed by atoms with Crippen LogP contribution in [0, 0.1) is 18.3 Å². The molecule has 1 aromatic heterocycles. The number of esters is 1. The van der Waals surface area contributed by atoms with Gasteiger partial charge in [-0.2, -0.15) is 5.26 Å². The van der Waals surface area contributed by atoms with Gasteiger partial charge < -0.3 is 20.1 Å². The molecule has 0 amide bonds. The topological polar surface area (TPSA) is 118 Å². The Morgan fingerprint density at radius 2 is 2.12 bits per heavy atom. The molecule has 3 N–H and O–H groups in total. The maximum Gasteiger partial charge on any atom is 0.357 e. The molecule has 0 bridgehead atoms. The lowest BCUT2D eigenvalue weighted by Crippen LogP contribution is -2.12. The van der Waals surface area contributed by atoms with E-state index in [0.717, 1.165) is 11.1 Å². The van der Waals surface area contributed by atoms with Crippen LogP contribution in [0.25, 0.3) is 5.69 Å². The SMILES string of the molecule is COC(=O)c1c(N)c(C#N)cn1-c1cc(CCC(=O)O)ccc1C. The molecule has 1 heterocycles. The second-order valence-corrected chi connectivity index (χ2v) is 5.29. The number of nitriles is 1. The first-order valence-electron chi connectivity index (χ1n) is 7.20. The molecule has 0 saturated heterocycles. The lowest BCUT2D eigenvalue weighted by Gasteiger charge is -2.13. The molecule has 0 aliphatic rings. The standard InChI is InChI=1S/C17H17N3O4/c1-10-3-4-11(5-6-14(21)22)7-13(10)20-9-12(8-18)15(19)16(20)17(23)24-2/h3-4,7,9H,5-6,19H2,1-2H3,(H,21,22). The summed E-state index contributed by atoms with van der Waals surface area (Å²) in [7, 11) is 1.24. The highest BCUT2D eigenvalue weighted by atomic mass is 16.5. The molecular weight excluding hydrogens is 310 g/mol. The first-order valence-corrected chi connectivity index (χ1v) is 7.20. The Kier molecular flexibility index (Phi) is 4.90. The van der Waals surface area contributed by atoms with E-state index in [9.17, 15) is 9.59 Å². The number of anilines is 1. The van der Waals surface area contributed by atoms with Crippen molar-refractivity contribution in [2.24, 2.45) is 0 Å². The van der Waals surface area contributed by atoms with Crippen molar-refractivity contribution in [3.8, 4) is 11.8 Å². The third-order valence-corrected chi connectivity index (χ3v) is 3.70. The number of aryl methyl sites for hydroxylation is 2. The number of aliphatic carboxylic acids is 1. The van der Waals surface area contributed by atoms with Crippen molar-refractivity contribution >= 4 is 17.6 Å². The van der Waals surface area contributed by atoms with Gasteiger partial charge in [-0.15, -0.1) is 0 Å². The molecule has 0 spiro atoms. The molecule has 24 heavy (non-hydrogen) atoms. The minimum atomic E-state index is -0.885. The van der Waals surface area contributed by atoms with Gasteiger partial charge in [-0.05, 0) is 30.5 Å². The Hall–Kier alpha value is -3.27. The van der Waals surface area contributed by atoms with Crippen LogP contribution in [-0.2, 0) is 16.0 Å². The van der Waals surface area contributed by atoms with Crippen molar-refractivity contribution in [1.82, 2.24) is 4.57 Å². The zero-order valence-electron chi connectivity index (χ0n) is 13.4. The second-order valence-electron chi connectivity index (χ2n) is 5.29. The van der Waals surface area contributed by atoms with Gasteiger partial charge in [-0.25, -0.2) is 4.79 Å². The third-order valence-electron chi connectivity index (χ3n) is 3.70. The predicted molar refractivity (Wildman–Crippen MR) is 86.9 cm³/mol. The van der Waals surface area contributed by atoms with Crippen molar-refractivity contribution in [3.05, 3.63) is 46.8 Å². The molecule has 0 fully saturated rings. The number of ether oxygens (including phenoxy) is 1. The van der Waals surface area contributed by atoms with Crippen LogP contribution < -0.4 is 5.73 Å². The lowest BCUT2D eigenvalue weighted by atomic mass is 10.1. The average Bonchev–Trinajstić information content (AvgIpc) is 2.89. The molecule has 0 aliphatic carbocycles. The molecular formula is C17H17N3O4. The Balaban J connectivity index is 2.59. The summed E-state index contributed by atoms with van der Waals surface area (Å²) in [5, 5.41) is 18.0. The van der Waals surface area contributed by atoms with E-state index in [4.69, 9.17) is 20.8 Å². The molecule has 1 aromatic carbocycles. The van der Waals surface area contributed by atoms with E-state index in [1.165, 1.54) is 17.9 Å². The van der Waals surface area contributed by atoms with Crippen LogP contribution >= 0.6 is 0 Å². The fourth-order valence-electron chi connectivity index (χ4n) is 2.43. The van der Waals surface area contributed by atoms with Crippen LogP contribution in [0.15, 0.2) is 24.4 Å². The molecule has 2 rings (SSSR count). The molecule has 7 heteroatoms. The van der Waals surface area contributed by atoms with Gasteiger partial charge in [0.25, 0.3) is 0 Å². The van der Waals surface area contributed by atoms with Gasteiger partial charge in [0, 0.05) is 18.3 Å². The van der Waals surface area contributed by atoms with Gasteiger partial charge in [-0.3, -0.25) is 4.79 Å². The zero-order valence-corrected chi connectivity index (χ0v) is 13.4. The van der Waals surface area contributed by atoms with Gasteiger partial charge in [0.05, 0.1) is 18.4 Å². The Morgan fingerprint density at radius 3 is 2.71 bits per heavy atom. The summed E-state index contributed by atoms with van der Waals surface area (Å²) >= 11 is 0. The summed E-state index contributed by atoms with van der Waals surface area (Å²) in [6.07, 6.45) is 1.84. The maximum absolute atomic E-state index is 12.1. The third kappa shape index (κ3) is 3.22. The minimum Gasteiger partial charge on any atom is -0.481 e. The van der Waals surface area contributed by atoms with E-state index in [1.807, 2.05) is 25.1 Å². The van der Waals surface area contributed by atoms with Crippen LogP contribution in [0.4, 0.5) is 5.69 Å². The van der Waals surface area contributed by atoms with Crippen LogP contribution in [0.5, 0.6) is 0 Å². The quantitative estimate of drug-likeness (QED) is 0.811. The molecule has 0 radical (unpaired) electrons. The molecule has 124 valence electrons. The Bertz CT molecular complexity index is 846. The van der Waals surface area contributed by atoms with E-state index in [1.54, 1.807) is 6.07 Å². The predicted octanol–water partition coefficient (Wildman–Crippen LogP) is 2.04. The number of carboxylic acids is 1. The van der Waals surface area contributed by atoms with Crippen molar-refractivity contribution in [2.45, 2.75) is 19.8 Å². The fraction of sp³-hybridized carbons (Fsp3) is 0.235.